The van der Waals surface area contributed by atoms with Gasteiger partial charge in [0.05, 0.1) is 5.69 Å². The maximum Gasteiger partial charge on any atom is 0.142 e. The Bertz CT molecular complexity index is 530. The monoisotopic (exact) mass is 285 g/mol. The van der Waals surface area contributed by atoms with Gasteiger partial charge in [-0.3, -0.25) is 0 Å². The van der Waals surface area contributed by atoms with Gasteiger partial charge in [0.15, 0.2) is 0 Å². The van der Waals surface area contributed by atoms with Gasteiger partial charge < -0.3 is 4.84 Å². The van der Waals surface area contributed by atoms with Crippen molar-refractivity contribution < 1.29 is 4.84 Å². The standard InChI is InChI=1S/C17H23N3O/c1-15(2)6-3-4-12-19-21-14-16-7-9-17(10-8-16)20-13-5-11-18-20/h5,7-13,15H,3-4,6,14H2,1-2H3/b19-12+. The van der Waals surface area contributed by atoms with Crippen molar-refractivity contribution in [3.8, 4) is 5.69 Å². The van der Waals surface area contributed by atoms with Crippen LogP contribution in [0.15, 0.2) is 47.9 Å². The summed E-state index contributed by atoms with van der Waals surface area (Å²) in [6, 6.07) is 10.0. The molecular weight excluding hydrogens is 262 g/mol. The quantitative estimate of drug-likeness (QED) is 0.414. The smallest absolute Gasteiger partial charge is 0.142 e. The third-order valence-electron chi connectivity index (χ3n) is 3.20. The molecule has 0 spiro atoms. The molecule has 0 atom stereocenters. The van der Waals surface area contributed by atoms with E-state index in [0.29, 0.717) is 6.61 Å². The number of rotatable bonds is 8. The van der Waals surface area contributed by atoms with E-state index in [4.69, 9.17) is 4.84 Å². The second-order valence-corrected chi connectivity index (χ2v) is 5.50. The molecule has 0 fully saturated rings. The summed E-state index contributed by atoms with van der Waals surface area (Å²) in [5, 5.41) is 8.19. The van der Waals surface area contributed by atoms with Crippen molar-refractivity contribution in [1.29, 1.82) is 0 Å². The zero-order chi connectivity index (χ0) is 14.9. The first-order valence-electron chi connectivity index (χ1n) is 7.48. The topological polar surface area (TPSA) is 39.4 Å². The van der Waals surface area contributed by atoms with E-state index < -0.39 is 0 Å². The van der Waals surface area contributed by atoms with Crippen LogP contribution in [0.3, 0.4) is 0 Å². The molecule has 4 heteroatoms. The summed E-state index contributed by atoms with van der Waals surface area (Å²) < 4.78 is 1.83. The van der Waals surface area contributed by atoms with E-state index in [1.54, 1.807) is 6.20 Å². The van der Waals surface area contributed by atoms with E-state index in [-0.39, 0.29) is 0 Å². The van der Waals surface area contributed by atoms with E-state index >= 15 is 0 Å². The first-order chi connectivity index (χ1) is 10.3. The normalized spacial score (nSPS) is 11.4. The summed E-state index contributed by atoms with van der Waals surface area (Å²) >= 11 is 0. The minimum Gasteiger partial charge on any atom is -0.391 e. The van der Waals surface area contributed by atoms with Crippen LogP contribution in [0.25, 0.3) is 5.69 Å². The van der Waals surface area contributed by atoms with Crippen LogP contribution >= 0.6 is 0 Å². The number of oxime groups is 1. The molecule has 0 amide bonds. The predicted molar refractivity (Wildman–Crippen MR) is 85.5 cm³/mol. The van der Waals surface area contributed by atoms with Gasteiger partial charge in [-0.15, -0.1) is 0 Å². The van der Waals surface area contributed by atoms with Crippen LogP contribution in [0.2, 0.25) is 0 Å². The lowest BCUT2D eigenvalue weighted by atomic mass is 10.1. The fourth-order valence-corrected chi connectivity index (χ4v) is 2.00. The second-order valence-electron chi connectivity index (χ2n) is 5.50. The molecule has 0 aliphatic carbocycles. The Balaban J connectivity index is 1.70. The van der Waals surface area contributed by atoms with Gasteiger partial charge in [0.1, 0.15) is 6.61 Å². The van der Waals surface area contributed by atoms with Crippen molar-refractivity contribution >= 4 is 6.21 Å². The summed E-state index contributed by atoms with van der Waals surface area (Å²) in [6.45, 7) is 4.97. The molecule has 21 heavy (non-hydrogen) atoms. The van der Waals surface area contributed by atoms with Crippen LogP contribution < -0.4 is 0 Å². The third kappa shape index (κ3) is 5.42. The summed E-state index contributed by atoms with van der Waals surface area (Å²) in [7, 11) is 0. The number of nitrogens with zero attached hydrogens (tertiary/aromatic N) is 3. The lowest BCUT2D eigenvalue weighted by molar-refractivity contribution is 0.131. The van der Waals surface area contributed by atoms with Gasteiger partial charge in [-0.25, -0.2) is 4.68 Å². The minimum absolute atomic E-state index is 0.500. The Kier molecular flexibility index (Phi) is 6.00. The van der Waals surface area contributed by atoms with Crippen molar-refractivity contribution in [2.24, 2.45) is 11.1 Å². The van der Waals surface area contributed by atoms with E-state index in [1.807, 2.05) is 47.4 Å². The summed E-state index contributed by atoms with van der Waals surface area (Å²) in [5.74, 6) is 0.757. The number of benzene rings is 1. The number of unbranched alkanes of at least 4 members (excludes halogenated alkanes) is 1. The van der Waals surface area contributed by atoms with Gasteiger partial charge in [-0.2, -0.15) is 5.10 Å². The summed E-state index contributed by atoms with van der Waals surface area (Å²) in [4.78, 5) is 5.30. The molecule has 2 rings (SSSR count). The highest BCUT2D eigenvalue weighted by Gasteiger charge is 1.97. The zero-order valence-electron chi connectivity index (χ0n) is 12.8. The van der Waals surface area contributed by atoms with Gasteiger partial charge in [0, 0.05) is 18.6 Å². The molecule has 1 aromatic heterocycles. The SMILES string of the molecule is CC(C)CCC/C=N/OCc1ccc(-n2cccn2)cc1. The van der Waals surface area contributed by atoms with Crippen LogP contribution in [0.1, 0.15) is 38.7 Å². The predicted octanol–water partition coefficient (Wildman–Crippen LogP) is 4.20. The molecule has 0 saturated heterocycles. The second kappa shape index (κ2) is 8.25. The van der Waals surface area contributed by atoms with Gasteiger partial charge in [0.25, 0.3) is 0 Å². The van der Waals surface area contributed by atoms with Crippen molar-refractivity contribution in [1.82, 2.24) is 9.78 Å². The lowest BCUT2D eigenvalue weighted by Crippen LogP contribution is -1.95. The molecule has 112 valence electrons. The highest BCUT2D eigenvalue weighted by atomic mass is 16.6. The molecule has 2 aromatic rings. The number of hydrogen-bond donors (Lipinski definition) is 0. The Morgan fingerprint density at radius 1 is 1.29 bits per heavy atom. The van der Waals surface area contributed by atoms with Crippen LogP contribution in [-0.4, -0.2) is 16.0 Å². The lowest BCUT2D eigenvalue weighted by Gasteiger charge is -2.03. The summed E-state index contributed by atoms with van der Waals surface area (Å²) in [5.41, 5.74) is 2.14. The van der Waals surface area contributed by atoms with Crippen LogP contribution in [0.5, 0.6) is 0 Å². The van der Waals surface area contributed by atoms with Crippen LogP contribution in [0, 0.1) is 5.92 Å². The molecule has 0 radical (unpaired) electrons. The molecule has 4 nitrogen and oxygen atoms in total. The fourth-order valence-electron chi connectivity index (χ4n) is 2.00. The van der Waals surface area contributed by atoms with Gasteiger partial charge in [-0.1, -0.05) is 37.6 Å². The Morgan fingerprint density at radius 3 is 2.76 bits per heavy atom. The number of hydrogen-bond acceptors (Lipinski definition) is 3. The first kappa shape index (κ1) is 15.3. The molecular formula is C17H23N3O. The molecule has 1 aromatic carbocycles. The van der Waals surface area contributed by atoms with Crippen molar-refractivity contribution in [2.75, 3.05) is 0 Å². The Labute approximate surface area is 126 Å². The van der Waals surface area contributed by atoms with Crippen molar-refractivity contribution in [3.05, 3.63) is 48.3 Å². The largest absolute Gasteiger partial charge is 0.391 e. The third-order valence-corrected chi connectivity index (χ3v) is 3.20. The van der Waals surface area contributed by atoms with Crippen molar-refractivity contribution in [2.45, 2.75) is 39.7 Å². The van der Waals surface area contributed by atoms with E-state index in [2.05, 4.69) is 24.1 Å². The molecule has 0 aliphatic rings. The first-order valence-corrected chi connectivity index (χ1v) is 7.48. The van der Waals surface area contributed by atoms with E-state index in [1.165, 1.54) is 12.8 Å². The van der Waals surface area contributed by atoms with Gasteiger partial charge in [0.2, 0.25) is 0 Å². The number of aromatic nitrogens is 2. The van der Waals surface area contributed by atoms with E-state index in [9.17, 15) is 0 Å². The van der Waals surface area contributed by atoms with Crippen LogP contribution in [-0.2, 0) is 11.4 Å². The molecule has 0 bridgehead atoms. The average molecular weight is 285 g/mol. The highest BCUT2D eigenvalue weighted by molar-refractivity contribution is 5.56. The zero-order valence-corrected chi connectivity index (χ0v) is 12.8. The fraction of sp³-hybridized carbons (Fsp3) is 0.412. The Hall–Kier alpha value is -2.10. The van der Waals surface area contributed by atoms with E-state index in [0.717, 1.165) is 23.6 Å². The minimum atomic E-state index is 0.500. The molecule has 0 saturated carbocycles. The Morgan fingerprint density at radius 2 is 2.10 bits per heavy atom. The summed E-state index contributed by atoms with van der Waals surface area (Å²) in [6.07, 6.45) is 8.94. The van der Waals surface area contributed by atoms with Crippen LogP contribution in [0.4, 0.5) is 0 Å². The van der Waals surface area contributed by atoms with Gasteiger partial charge >= 0.3 is 0 Å². The van der Waals surface area contributed by atoms with Gasteiger partial charge in [-0.05, 0) is 42.5 Å². The molecule has 1 heterocycles. The highest BCUT2D eigenvalue weighted by Crippen LogP contribution is 2.09. The van der Waals surface area contributed by atoms with Crippen molar-refractivity contribution in [3.63, 3.8) is 0 Å². The maximum absolute atomic E-state index is 5.30. The maximum atomic E-state index is 5.30. The molecule has 0 aliphatic heterocycles. The molecule has 0 N–H and O–H groups in total. The molecule has 0 unspecified atom stereocenters. The average Bonchev–Trinajstić information content (AvgIpc) is 3.01.